The number of allylic oxidation sites excluding steroid dienone is 2. The Labute approximate surface area is 50.6 Å². The molecule has 0 nitrogen and oxygen atoms in total. The fraction of sp³-hybridized carbons (Fsp3) is 0.750. The molecule has 0 heterocycles. The first-order valence-corrected chi connectivity index (χ1v) is 3.56. The van der Waals surface area contributed by atoms with Crippen LogP contribution in [0.3, 0.4) is 0 Å². The molecule has 3 atom stereocenters. The summed E-state index contributed by atoms with van der Waals surface area (Å²) in [6.07, 6.45) is 7.54. The summed E-state index contributed by atoms with van der Waals surface area (Å²) in [5, 5.41) is 0. The molecule has 0 unspecified atom stereocenters. The van der Waals surface area contributed by atoms with Gasteiger partial charge in [-0.3, -0.25) is 0 Å². The fourth-order valence-electron chi connectivity index (χ4n) is 1.89. The molecule has 0 saturated heterocycles. The van der Waals surface area contributed by atoms with E-state index in [0.717, 1.165) is 17.8 Å². The second-order valence-corrected chi connectivity index (χ2v) is 3.11. The molecule has 1 fully saturated rings. The molecule has 0 aromatic rings. The molecule has 0 bridgehead atoms. The normalized spacial score (nSPS) is 50.9. The van der Waals surface area contributed by atoms with Crippen molar-refractivity contribution in [2.24, 2.45) is 17.8 Å². The van der Waals surface area contributed by atoms with Gasteiger partial charge in [0.1, 0.15) is 0 Å². The molecule has 44 valence electrons. The van der Waals surface area contributed by atoms with Crippen LogP contribution in [-0.4, -0.2) is 0 Å². The van der Waals surface area contributed by atoms with E-state index >= 15 is 0 Å². The van der Waals surface area contributed by atoms with Gasteiger partial charge in [-0.05, 0) is 30.6 Å². The first kappa shape index (κ1) is 4.60. The molecule has 0 spiro atoms. The second kappa shape index (κ2) is 1.37. The van der Waals surface area contributed by atoms with Crippen LogP contribution < -0.4 is 0 Å². The van der Waals surface area contributed by atoms with Crippen LogP contribution in [0.1, 0.15) is 19.8 Å². The number of fused-ring (bicyclic) bond motifs is 1. The molecule has 8 heavy (non-hydrogen) atoms. The molecule has 0 aromatic carbocycles. The topological polar surface area (TPSA) is 0 Å². The predicted molar refractivity (Wildman–Crippen MR) is 34.5 cm³/mol. The van der Waals surface area contributed by atoms with Crippen molar-refractivity contribution in [2.75, 3.05) is 0 Å². The highest BCUT2D eigenvalue weighted by Gasteiger charge is 2.44. The minimum absolute atomic E-state index is 0.990. The van der Waals surface area contributed by atoms with Crippen LogP contribution in [0.2, 0.25) is 0 Å². The molecule has 1 saturated carbocycles. The molecular weight excluding hydrogens is 96.1 g/mol. The summed E-state index contributed by atoms with van der Waals surface area (Å²) < 4.78 is 0. The van der Waals surface area contributed by atoms with Gasteiger partial charge in [0.2, 0.25) is 0 Å². The lowest BCUT2D eigenvalue weighted by atomic mass is 10.1. The molecule has 0 radical (unpaired) electrons. The molecule has 2 rings (SSSR count). The quantitative estimate of drug-likeness (QED) is 0.417. The van der Waals surface area contributed by atoms with E-state index in [1.165, 1.54) is 12.8 Å². The number of hydrogen-bond acceptors (Lipinski definition) is 0. The Balaban J connectivity index is 2.12. The van der Waals surface area contributed by atoms with Gasteiger partial charge in [-0.1, -0.05) is 19.1 Å². The molecule has 0 N–H and O–H groups in total. The molecule has 0 amide bonds. The third-order valence-electron chi connectivity index (χ3n) is 2.66. The Bertz CT molecular complexity index is 124. The van der Waals surface area contributed by atoms with Gasteiger partial charge in [-0.25, -0.2) is 0 Å². The minimum atomic E-state index is 0.990. The highest BCUT2D eigenvalue weighted by atomic mass is 14.5. The van der Waals surface area contributed by atoms with E-state index in [0.29, 0.717) is 0 Å². The van der Waals surface area contributed by atoms with Crippen LogP contribution in [0, 0.1) is 17.8 Å². The van der Waals surface area contributed by atoms with Gasteiger partial charge < -0.3 is 0 Å². The SMILES string of the molecule is C[C@@H]1[C@@H]2C=CCC[C@@H]12. The Morgan fingerprint density at radius 2 is 2.38 bits per heavy atom. The smallest absolute Gasteiger partial charge is 0.0174 e. The lowest BCUT2D eigenvalue weighted by molar-refractivity contribution is 0.661. The van der Waals surface area contributed by atoms with Crippen molar-refractivity contribution in [3.05, 3.63) is 12.2 Å². The largest absolute Gasteiger partial charge is 0.0882 e. The van der Waals surface area contributed by atoms with Crippen molar-refractivity contribution < 1.29 is 0 Å². The third-order valence-corrected chi connectivity index (χ3v) is 2.66. The molecule has 2 aliphatic rings. The van der Waals surface area contributed by atoms with Crippen molar-refractivity contribution in [1.82, 2.24) is 0 Å². The summed E-state index contributed by atoms with van der Waals surface area (Å²) in [4.78, 5) is 0. The first-order valence-electron chi connectivity index (χ1n) is 3.56. The standard InChI is InChI=1S/C8H12/c1-6-7-4-2-3-5-8(6)7/h2,4,6-8H,3,5H2,1H3/t6-,7+,8+/m1/s1. The van der Waals surface area contributed by atoms with E-state index in [2.05, 4.69) is 19.1 Å². The zero-order valence-electron chi connectivity index (χ0n) is 5.30. The van der Waals surface area contributed by atoms with Crippen molar-refractivity contribution in [2.45, 2.75) is 19.8 Å². The fourth-order valence-corrected chi connectivity index (χ4v) is 1.89. The van der Waals surface area contributed by atoms with Crippen molar-refractivity contribution >= 4 is 0 Å². The van der Waals surface area contributed by atoms with Crippen molar-refractivity contribution in [3.8, 4) is 0 Å². The summed E-state index contributed by atoms with van der Waals surface area (Å²) >= 11 is 0. The zero-order chi connectivity index (χ0) is 5.56. The summed E-state index contributed by atoms with van der Waals surface area (Å²) in [5.41, 5.74) is 0. The summed E-state index contributed by atoms with van der Waals surface area (Å²) in [6.45, 7) is 2.37. The summed E-state index contributed by atoms with van der Waals surface area (Å²) in [6, 6.07) is 0. The van der Waals surface area contributed by atoms with Gasteiger partial charge in [0.05, 0.1) is 0 Å². The second-order valence-electron chi connectivity index (χ2n) is 3.11. The van der Waals surface area contributed by atoms with E-state index in [9.17, 15) is 0 Å². The first-order chi connectivity index (χ1) is 3.89. The van der Waals surface area contributed by atoms with Gasteiger partial charge in [0.15, 0.2) is 0 Å². The Hall–Kier alpha value is -0.260. The zero-order valence-corrected chi connectivity index (χ0v) is 5.30. The van der Waals surface area contributed by atoms with Crippen LogP contribution in [0.5, 0.6) is 0 Å². The number of rotatable bonds is 0. The van der Waals surface area contributed by atoms with E-state index in [1.54, 1.807) is 0 Å². The van der Waals surface area contributed by atoms with Crippen LogP contribution in [0.25, 0.3) is 0 Å². The maximum absolute atomic E-state index is 2.40. The lowest BCUT2D eigenvalue weighted by Gasteiger charge is -1.96. The van der Waals surface area contributed by atoms with Crippen LogP contribution in [0.15, 0.2) is 12.2 Å². The predicted octanol–water partition coefficient (Wildman–Crippen LogP) is 2.22. The van der Waals surface area contributed by atoms with Crippen molar-refractivity contribution in [1.29, 1.82) is 0 Å². The highest BCUT2D eigenvalue weighted by Crippen LogP contribution is 2.51. The Kier molecular flexibility index (Phi) is 0.787. The van der Waals surface area contributed by atoms with Crippen LogP contribution >= 0.6 is 0 Å². The molecule has 2 aliphatic carbocycles. The monoisotopic (exact) mass is 108 g/mol. The Morgan fingerprint density at radius 3 is 2.88 bits per heavy atom. The third kappa shape index (κ3) is 0.460. The van der Waals surface area contributed by atoms with Crippen LogP contribution in [-0.2, 0) is 0 Å². The summed E-state index contributed by atoms with van der Waals surface area (Å²) in [5.74, 6) is 3.09. The average Bonchev–Trinajstić information content (AvgIpc) is 2.46. The lowest BCUT2D eigenvalue weighted by Crippen LogP contribution is -1.83. The molecule has 0 aromatic heterocycles. The Morgan fingerprint density at radius 1 is 1.50 bits per heavy atom. The average molecular weight is 108 g/mol. The van der Waals surface area contributed by atoms with E-state index < -0.39 is 0 Å². The maximum atomic E-state index is 2.40. The number of hydrogen-bond donors (Lipinski definition) is 0. The maximum Gasteiger partial charge on any atom is -0.0174 e. The van der Waals surface area contributed by atoms with Crippen LogP contribution in [0.4, 0.5) is 0 Å². The van der Waals surface area contributed by atoms with Gasteiger partial charge >= 0.3 is 0 Å². The van der Waals surface area contributed by atoms with Gasteiger partial charge in [-0.15, -0.1) is 0 Å². The highest BCUT2D eigenvalue weighted by molar-refractivity contribution is 5.10. The van der Waals surface area contributed by atoms with Gasteiger partial charge in [-0.2, -0.15) is 0 Å². The van der Waals surface area contributed by atoms with E-state index in [1.807, 2.05) is 0 Å². The summed E-state index contributed by atoms with van der Waals surface area (Å²) in [7, 11) is 0. The van der Waals surface area contributed by atoms with Gasteiger partial charge in [0, 0.05) is 0 Å². The minimum Gasteiger partial charge on any atom is -0.0882 e. The van der Waals surface area contributed by atoms with Crippen molar-refractivity contribution in [3.63, 3.8) is 0 Å². The van der Waals surface area contributed by atoms with Gasteiger partial charge in [0.25, 0.3) is 0 Å². The molecule has 0 heteroatoms. The molecular formula is C8H12. The van der Waals surface area contributed by atoms with E-state index in [4.69, 9.17) is 0 Å². The molecule has 0 aliphatic heterocycles. The van der Waals surface area contributed by atoms with E-state index in [-0.39, 0.29) is 0 Å².